The molecule has 0 radical (unpaired) electrons. The van der Waals surface area contributed by atoms with E-state index in [9.17, 15) is 21.6 Å². The van der Waals surface area contributed by atoms with Gasteiger partial charge >= 0.3 is 15.6 Å². The third kappa shape index (κ3) is 7.48. The van der Waals surface area contributed by atoms with Gasteiger partial charge in [0.15, 0.2) is 0 Å². The maximum absolute atomic E-state index is 13.1. The van der Waals surface area contributed by atoms with E-state index in [1.165, 1.54) is 17.7 Å². The van der Waals surface area contributed by atoms with Gasteiger partial charge in [0, 0.05) is 25.6 Å². The zero-order valence-corrected chi connectivity index (χ0v) is 24.2. The van der Waals surface area contributed by atoms with Crippen LogP contribution >= 0.6 is 0 Å². The molecule has 2 atom stereocenters. The number of allylic oxidation sites excluding steroid dienone is 3. The molecule has 1 aromatic rings. The van der Waals surface area contributed by atoms with Crippen LogP contribution in [0.1, 0.15) is 43.7 Å². The lowest BCUT2D eigenvalue weighted by Crippen LogP contribution is -2.32. The largest absolute Gasteiger partial charge is 0.544 e. The summed E-state index contributed by atoms with van der Waals surface area (Å²) in [6.07, 6.45) is 4.07. The Morgan fingerprint density at radius 2 is 1.74 bits per heavy atom. The molecule has 4 nitrogen and oxygen atoms in total. The van der Waals surface area contributed by atoms with Crippen molar-refractivity contribution >= 4 is 26.5 Å². The van der Waals surface area contributed by atoms with Gasteiger partial charge < -0.3 is 8.61 Å². The Morgan fingerprint density at radius 1 is 1.15 bits per heavy atom. The molecule has 0 fully saturated rings. The van der Waals surface area contributed by atoms with E-state index in [1.807, 2.05) is 26.6 Å². The molecule has 192 valence electrons. The van der Waals surface area contributed by atoms with Crippen molar-refractivity contribution in [3.8, 4) is 11.5 Å². The summed E-state index contributed by atoms with van der Waals surface area (Å²) < 4.78 is 73.8. The van der Waals surface area contributed by atoms with E-state index < -0.39 is 32.0 Å². The van der Waals surface area contributed by atoms with Gasteiger partial charge in [-0.2, -0.15) is 21.6 Å². The van der Waals surface area contributed by atoms with Gasteiger partial charge in [-0.1, -0.05) is 43.4 Å². The molecule has 0 unspecified atom stereocenters. The lowest BCUT2D eigenvalue weighted by molar-refractivity contribution is -0.0500. The van der Waals surface area contributed by atoms with Gasteiger partial charge in [0.1, 0.15) is 11.5 Å². The van der Waals surface area contributed by atoms with Gasteiger partial charge in [0.25, 0.3) is 0 Å². The van der Waals surface area contributed by atoms with Crippen molar-refractivity contribution in [1.82, 2.24) is 0 Å². The Balaban J connectivity index is 2.85. The van der Waals surface area contributed by atoms with Crippen LogP contribution < -0.4 is 8.61 Å². The average Bonchev–Trinajstić information content (AvgIpc) is 2.56. The maximum atomic E-state index is 13.1. The first-order chi connectivity index (χ1) is 15.2. The highest BCUT2D eigenvalue weighted by molar-refractivity contribution is 7.88. The van der Waals surface area contributed by atoms with E-state index in [0.717, 1.165) is 29.5 Å². The van der Waals surface area contributed by atoms with Crippen LogP contribution in [-0.4, -0.2) is 30.3 Å². The van der Waals surface area contributed by atoms with Gasteiger partial charge in [-0.3, -0.25) is 0 Å². The summed E-state index contributed by atoms with van der Waals surface area (Å²) in [5.41, 5.74) is -1.55. The number of alkyl halides is 3. The second kappa shape index (κ2) is 9.85. The van der Waals surface area contributed by atoms with Gasteiger partial charge in [0.2, 0.25) is 8.32 Å². The van der Waals surface area contributed by atoms with Crippen LogP contribution in [0.5, 0.6) is 11.5 Å². The van der Waals surface area contributed by atoms with E-state index in [0.29, 0.717) is 11.8 Å². The van der Waals surface area contributed by atoms with Crippen LogP contribution in [0, 0.1) is 5.92 Å². The fourth-order valence-corrected chi connectivity index (χ4v) is 7.00. The van der Waals surface area contributed by atoms with Crippen molar-refractivity contribution in [3.05, 3.63) is 47.1 Å². The lowest BCUT2D eigenvalue weighted by atomic mass is 9.73. The van der Waals surface area contributed by atoms with Crippen LogP contribution in [0.4, 0.5) is 13.2 Å². The molecule has 1 aromatic carbocycles. The van der Waals surface area contributed by atoms with Crippen LogP contribution in [0.3, 0.4) is 0 Å². The molecule has 10 heteroatoms. The Labute approximate surface area is 204 Å². The summed E-state index contributed by atoms with van der Waals surface area (Å²) >= 11 is 0. The first-order valence-corrected chi connectivity index (χ1v) is 19.9. The third-order valence-electron chi connectivity index (χ3n) is 5.54. The summed E-state index contributed by atoms with van der Waals surface area (Å²) in [6.45, 7) is 20.7. The van der Waals surface area contributed by atoms with Gasteiger partial charge in [-0.05, 0) is 69.9 Å². The minimum absolute atomic E-state index is 0.0581. The molecule has 2 rings (SSSR count). The number of halogens is 3. The van der Waals surface area contributed by atoms with Crippen molar-refractivity contribution in [1.29, 1.82) is 0 Å². The zero-order valence-electron chi connectivity index (χ0n) is 21.4. The molecule has 0 saturated carbocycles. The fraction of sp³-hybridized carbons (Fsp3) is 0.583. The van der Waals surface area contributed by atoms with Crippen molar-refractivity contribution in [2.24, 2.45) is 5.92 Å². The highest BCUT2D eigenvalue weighted by Gasteiger charge is 2.49. The molecule has 0 heterocycles. The second-order valence-electron chi connectivity index (χ2n) is 11.5. The van der Waals surface area contributed by atoms with Crippen LogP contribution in [-0.2, 0) is 16.2 Å². The SMILES string of the molecule is C=C(C)[C@@H]1CCC(C)=C[C@H]1c1c(C[Si](C)(C)C)cc(OS(=O)(=O)C(F)(F)F)cc1O[Si](C)(C)C. The lowest BCUT2D eigenvalue weighted by Gasteiger charge is -2.35. The average molecular weight is 535 g/mol. The third-order valence-corrected chi connectivity index (χ3v) is 8.79. The number of rotatable bonds is 8. The highest BCUT2D eigenvalue weighted by Crippen LogP contribution is 2.47. The Bertz CT molecular complexity index is 1030. The smallest absolute Gasteiger partial charge is 0.534 e. The van der Waals surface area contributed by atoms with Gasteiger partial charge in [-0.15, -0.1) is 0 Å². The molecule has 0 aromatic heterocycles. The minimum atomic E-state index is -5.80. The monoisotopic (exact) mass is 534 g/mol. The number of hydrogen-bond donors (Lipinski definition) is 0. The van der Waals surface area contributed by atoms with Gasteiger partial charge in [0.05, 0.1) is 0 Å². The molecular formula is C24H37F3O4SSi2. The van der Waals surface area contributed by atoms with Crippen molar-refractivity contribution in [2.45, 2.75) is 83.4 Å². The van der Waals surface area contributed by atoms with E-state index in [2.05, 4.69) is 43.4 Å². The van der Waals surface area contributed by atoms with Crippen LogP contribution in [0.25, 0.3) is 0 Å². The van der Waals surface area contributed by atoms with Crippen LogP contribution in [0.15, 0.2) is 35.9 Å². The predicted molar refractivity (Wildman–Crippen MR) is 137 cm³/mol. The summed E-state index contributed by atoms with van der Waals surface area (Å²) in [5.74, 6) is 0.131. The molecule has 1 aliphatic carbocycles. The molecule has 0 aliphatic heterocycles. The van der Waals surface area contributed by atoms with Crippen molar-refractivity contribution in [2.75, 3.05) is 0 Å². The summed E-state index contributed by atoms with van der Waals surface area (Å²) in [6, 6.07) is 3.42. The molecule has 0 bridgehead atoms. The topological polar surface area (TPSA) is 52.6 Å². The maximum Gasteiger partial charge on any atom is 0.534 e. The van der Waals surface area contributed by atoms with Crippen molar-refractivity contribution < 1.29 is 30.2 Å². The first-order valence-electron chi connectivity index (χ1n) is 11.4. The minimum Gasteiger partial charge on any atom is -0.544 e. The summed E-state index contributed by atoms with van der Waals surface area (Å²) in [4.78, 5) is 0. The Morgan fingerprint density at radius 3 is 2.21 bits per heavy atom. The Kier molecular flexibility index (Phi) is 8.32. The standard InChI is InChI=1S/C24H37F3O4SSi2/c1-16(2)20-11-10-17(3)12-21(20)23-18(15-33(4,5)6)13-19(14-22(23)31-34(7,8)9)30-32(28,29)24(25,26)27/h12-14,20-21H,1,10-11,15H2,2-9H3/t20-,21+/m0/s1. The fourth-order valence-electron chi connectivity index (χ4n) is 4.29. The van der Waals surface area contributed by atoms with E-state index in [4.69, 9.17) is 4.43 Å². The van der Waals surface area contributed by atoms with Crippen molar-refractivity contribution in [3.63, 3.8) is 0 Å². The molecule has 0 amide bonds. The van der Waals surface area contributed by atoms with E-state index >= 15 is 0 Å². The molecular weight excluding hydrogens is 497 g/mol. The van der Waals surface area contributed by atoms with E-state index in [-0.39, 0.29) is 17.6 Å². The first kappa shape index (κ1) is 28.7. The zero-order chi connectivity index (χ0) is 26.3. The predicted octanol–water partition coefficient (Wildman–Crippen LogP) is 7.56. The normalized spacial score (nSPS) is 20.0. The second-order valence-corrected chi connectivity index (χ2v) is 22.9. The quantitative estimate of drug-likeness (QED) is 0.149. The summed E-state index contributed by atoms with van der Waals surface area (Å²) in [7, 11) is -9.79. The summed E-state index contributed by atoms with van der Waals surface area (Å²) in [5, 5.41) is 0. The molecule has 0 saturated heterocycles. The van der Waals surface area contributed by atoms with E-state index in [1.54, 1.807) is 0 Å². The Hall–Kier alpha value is -1.53. The molecule has 34 heavy (non-hydrogen) atoms. The number of benzene rings is 1. The number of hydrogen-bond acceptors (Lipinski definition) is 4. The highest BCUT2D eigenvalue weighted by atomic mass is 32.2. The molecule has 0 spiro atoms. The van der Waals surface area contributed by atoms with Gasteiger partial charge in [-0.25, -0.2) is 0 Å². The molecule has 1 aliphatic rings. The van der Waals surface area contributed by atoms with Crippen LogP contribution in [0.2, 0.25) is 39.3 Å². The molecule has 0 N–H and O–H groups in total.